The van der Waals surface area contributed by atoms with Crippen molar-refractivity contribution in [3.63, 3.8) is 0 Å². The van der Waals surface area contributed by atoms with Gasteiger partial charge >= 0.3 is 0 Å². The van der Waals surface area contributed by atoms with E-state index in [1.54, 1.807) is 0 Å². The predicted molar refractivity (Wildman–Crippen MR) is 134 cm³/mol. The van der Waals surface area contributed by atoms with Gasteiger partial charge in [-0.1, -0.05) is 112 Å². The summed E-state index contributed by atoms with van der Waals surface area (Å²) < 4.78 is 7.33. The molecule has 0 heterocycles. The van der Waals surface area contributed by atoms with E-state index in [-0.39, 0.29) is 23.0 Å². The molecule has 0 fully saturated rings. The fourth-order valence-electron chi connectivity index (χ4n) is 4.86. The van der Waals surface area contributed by atoms with Crippen molar-refractivity contribution in [3.05, 3.63) is 84.5 Å². The Balaban J connectivity index is 2.09. The van der Waals surface area contributed by atoms with Crippen molar-refractivity contribution < 1.29 is 9.53 Å². The highest BCUT2D eigenvalue weighted by Crippen LogP contribution is 2.40. The second-order valence-corrected chi connectivity index (χ2v) is 14.4. The Morgan fingerprint density at radius 2 is 1.45 bits per heavy atom. The van der Waals surface area contributed by atoms with Crippen LogP contribution in [0.5, 0.6) is 0 Å². The number of benzene rings is 2. The molecule has 0 spiro atoms. The lowest BCUT2D eigenvalue weighted by molar-refractivity contribution is 0.0499. The summed E-state index contributed by atoms with van der Waals surface area (Å²) in [6.45, 7) is 13.4. The second-order valence-electron chi connectivity index (χ2n) is 10.2. The Morgan fingerprint density at radius 3 is 1.90 bits per heavy atom. The quantitative estimate of drug-likeness (QED) is 0.482. The molecule has 0 bridgehead atoms. The molecule has 3 rings (SSSR count). The molecular formula is C28H38O2Si. The summed E-state index contributed by atoms with van der Waals surface area (Å²) in [7, 11) is -2.62. The first kappa shape index (κ1) is 23.7. The first-order valence-electron chi connectivity index (χ1n) is 11.5. The number of rotatable bonds is 6. The van der Waals surface area contributed by atoms with E-state index in [1.807, 2.05) is 6.08 Å². The van der Waals surface area contributed by atoms with Gasteiger partial charge in [-0.05, 0) is 47.5 Å². The van der Waals surface area contributed by atoms with Crippen molar-refractivity contribution in [1.82, 2.24) is 0 Å². The van der Waals surface area contributed by atoms with Crippen molar-refractivity contribution >= 4 is 18.7 Å². The van der Waals surface area contributed by atoms with Crippen LogP contribution in [0.3, 0.4) is 0 Å². The van der Waals surface area contributed by atoms with Gasteiger partial charge in [-0.2, -0.15) is 0 Å². The molecule has 0 saturated heterocycles. The molecule has 166 valence electrons. The molecular weight excluding hydrogens is 396 g/mol. The number of hydrogen-bond donors (Lipinski definition) is 1. The molecule has 2 aromatic rings. The van der Waals surface area contributed by atoms with E-state index in [9.17, 15) is 5.11 Å². The molecule has 0 saturated carbocycles. The lowest BCUT2D eigenvalue weighted by atomic mass is 9.78. The van der Waals surface area contributed by atoms with Crippen molar-refractivity contribution in [2.24, 2.45) is 11.8 Å². The highest BCUT2D eigenvalue weighted by molar-refractivity contribution is 6.99. The third-order valence-electron chi connectivity index (χ3n) is 6.66. The third kappa shape index (κ3) is 4.95. The number of aliphatic hydroxyl groups is 1. The minimum absolute atomic E-state index is 0.0368. The SMILES string of the molecule is CC(C)=CCC1C(O)C=CC(O[Si](c2ccccc2)(c2ccccc2)C(C)(C)C)[C@@H]1C. The normalized spacial score (nSPS) is 24.1. The van der Waals surface area contributed by atoms with Crippen molar-refractivity contribution in [2.75, 3.05) is 0 Å². The zero-order chi connectivity index (χ0) is 22.6. The molecule has 1 aliphatic rings. The van der Waals surface area contributed by atoms with Crippen LogP contribution in [0.2, 0.25) is 5.04 Å². The van der Waals surface area contributed by atoms with Crippen LogP contribution < -0.4 is 10.4 Å². The fourth-order valence-corrected chi connectivity index (χ4v) is 9.58. The Kier molecular flexibility index (Phi) is 7.41. The molecule has 31 heavy (non-hydrogen) atoms. The Bertz CT molecular complexity index is 852. The monoisotopic (exact) mass is 434 g/mol. The maximum atomic E-state index is 10.7. The molecule has 1 aliphatic carbocycles. The topological polar surface area (TPSA) is 29.5 Å². The number of hydrogen-bond acceptors (Lipinski definition) is 2. The zero-order valence-electron chi connectivity index (χ0n) is 19.9. The minimum Gasteiger partial charge on any atom is -0.401 e. The van der Waals surface area contributed by atoms with Crippen LogP contribution in [0.25, 0.3) is 0 Å². The summed E-state index contributed by atoms with van der Waals surface area (Å²) in [5.41, 5.74) is 1.29. The standard InChI is InChI=1S/C28H38O2Si/c1-21(2)17-18-25-22(3)27(20-19-26(25)29)30-31(28(4,5)6,23-13-9-7-10-14-23)24-15-11-8-12-16-24/h7-17,19-20,22,25-27,29H,18H2,1-6H3/t22-,25?,26?,27?/m1/s1. The maximum Gasteiger partial charge on any atom is 0.261 e. The summed E-state index contributed by atoms with van der Waals surface area (Å²) in [6.07, 6.45) is 6.70. The van der Waals surface area contributed by atoms with Gasteiger partial charge in [0, 0.05) is 0 Å². The molecule has 3 heteroatoms. The molecule has 0 radical (unpaired) electrons. The van der Waals surface area contributed by atoms with Gasteiger partial charge in [0.2, 0.25) is 0 Å². The lowest BCUT2D eigenvalue weighted by Gasteiger charge is -2.47. The van der Waals surface area contributed by atoms with Gasteiger partial charge in [0.05, 0.1) is 12.2 Å². The Hall–Kier alpha value is -1.94. The zero-order valence-corrected chi connectivity index (χ0v) is 20.9. The van der Waals surface area contributed by atoms with Gasteiger partial charge in [-0.3, -0.25) is 0 Å². The molecule has 2 aromatic carbocycles. The van der Waals surface area contributed by atoms with Gasteiger partial charge in [-0.15, -0.1) is 0 Å². The largest absolute Gasteiger partial charge is 0.401 e. The summed E-state index contributed by atoms with van der Waals surface area (Å²) in [5.74, 6) is 0.375. The molecule has 0 aromatic heterocycles. The van der Waals surface area contributed by atoms with Crippen LogP contribution in [0, 0.1) is 11.8 Å². The van der Waals surface area contributed by atoms with E-state index >= 15 is 0 Å². The van der Waals surface area contributed by atoms with E-state index in [0.717, 1.165) is 6.42 Å². The molecule has 0 amide bonds. The van der Waals surface area contributed by atoms with Crippen molar-refractivity contribution in [3.8, 4) is 0 Å². The van der Waals surface area contributed by atoms with E-state index in [0.29, 0.717) is 0 Å². The minimum atomic E-state index is -2.62. The summed E-state index contributed by atoms with van der Waals surface area (Å²) in [5, 5.41) is 13.2. The molecule has 2 nitrogen and oxygen atoms in total. The van der Waals surface area contributed by atoms with Gasteiger partial charge in [-0.25, -0.2) is 0 Å². The van der Waals surface area contributed by atoms with Crippen LogP contribution in [0.4, 0.5) is 0 Å². The molecule has 1 N–H and O–H groups in total. The Morgan fingerprint density at radius 1 is 0.935 bits per heavy atom. The van der Waals surface area contributed by atoms with Crippen LogP contribution in [-0.2, 0) is 4.43 Å². The van der Waals surface area contributed by atoms with E-state index < -0.39 is 14.4 Å². The van der Waals surface area contributed by atoms with Crippen LogP contribution in [0.15, 0.2) is 84.5 Å². The van der Waals surface area contributed by atoms with E-state index in [2.05, 4.69) is 114 Å². The fraction of sp³-hybridized carbons (Fsp3) is 0.429. The summed E-state index contributed by atoms with van der Waals surface area (Å²) in [4.78, 5) is 0. The first-order valence-corrected chi connectivity index (χ1v) is 13.4. The van der Waals surface area contributed by atoms with E-state index in [4.69, 9.17) is 4.43 Å². The van der Waals surface area contributed by atoms with Crippen LogP contribution >= 0.6 is 0 Å². The molecule has 4 atom stereocenters. The van der Waals surface area contributed by atoms with Gasteiger partial charge < -0.3 is 9.53 Å². The predicted octanol–water partition coefficient (Wildman–Crippen LogP) is 5.47. The van der Waals surface area contributed by atoms with Crippen molar-refractivity contribution in [2.45, 2.75) is 65.2 Å². The number of aliphatic hydroxyl groups excluding tert-OH is 1. The van der Waals surface area contributed by atoms with E-state index in [1.165, 1.54) is 15.9 Å². The molecule has 0 aliphatic heterocycles. The highest BCUT2D eigenvalue weighted by Gasteiger charge is 2.52. The second kappa shape index (κ2) is 9.68. The summed E-state index contributed by atoms with van der Waals surface area (Å²) >= 11 is 0. The van der Waals surface area contributed by atoms with Gasteiger partial charge in [0.15, 0.2) is 0 Å². The highest BCUT2D eigenvalue weighted by atomic mass is 28.4. The van der Waals surface area contributed by atoms with Gasteiger partial charge in [0.25, 0.3) is 8.32 Å². The Labute approximate surface area is 189 Å². The molecule has 3 unspecified atom stereocenters. The van der Waals surface area contributed by atoms with Crippen LogP contribution in [-0.4, -0.2) is 25.6 Å². The lowest BCUT2D eigenvalue weighted by Crippen LogP contribution is -2.68. The first-order chi connectivity index (χ1) is 14.7. The van der Waals surface area contributed by atoms with Gasteiger partial charge in [0.1, 0.15) is 0 Å². The number of allylic oxidation sites excluding steroid dienone is 2. The smallest absolute Gasteiger partial charge is 0.261 e. The van der Waals surface area contributed by atoms with Crippen molar-refractivity contribution in [1.29, 1.82) is 0 Å². The summed E-state index contributed by atoms with van der Waals surface area (Å²) in [6, 6.07) is 21.6. The average molecular weight is 435 g/mol. The third-order valence-corrected chi connectivity index (χ3v) is 11.7. The average Bonchev–Trinajstić information content (AvgIpc) is 2.73. The van der Waals surface area contributed by atoms with Crippen LogP contribution in [0.1, 0.15) is 48.0 Å². The maximum absolute atomic E-state index is 10.7.